The molecule has 174 valence electrons. The molecule has 1 aromatic carbocycles. The number of aryl methyl sites for hydroxylation is 2. The molecule has 31 heavy (non-hydrogen) atoms. The molecule has 0 amide bonds. The Bertz CT molecular complexity index is 747. The molecule has 4 N–H and O–H groups in total. The number of benzene rings is 1. The minimum atomic E-state index is 0.202. The number of aliphatic hydroxyl groups excluding tert-OH is 1. The number of nitrogens with zero attached hydrogens (tertiary/aromatic N) is 3. The molecule has 2 rings (SSSR count). The van der Waals surface area contributed by atoms with Gasteiger partial charge in [0, 0.05) is 25.5 Å². The summed E-state index contributed by atoms with van der Waals surface area (Å²) >= 11 is 1.61. The van der Waals surface area contributed by atoms with Gasteiger partial charge >= 0.3 is 0 Å². The maximum absolute atomic E-state index is 7.00. The Hall–Kier alpha value is -2.00. The SMILES string of the molecule is CCNC.CCNCC(C)N=C(SC)c1ccnc(Nc2cc(C)cc(C)c2)n1.CO. The standard InChI is InChI=1S/C19H27N5S.C3H9N.CH4O/c1-6-20-12-15(4)22-18(25-5)17-7-8-21-19(24-17)23-16-10-13(2)9-14(3)11-16;1-3-4-2;1-2/h7-11,15,20H,6,12H2,1-5H3,(H,21,23,24);4H,3H2,1-2H3;2H,1H3. The number of rotatable bonds is 8. The van der Waals surface area contributed by atoms with Gasteiger partial charge in [0.1, 0.15) is 10.7 Å². The average molecular weight is 449 g/mol. The zero-order valence-corrected chi connectivity index (χ0v) is 21.1. The van der Waals surface area contributed by atoms with E-state index in [1.54, 1.807) is 18.0 Å². The van der Waals surface area contributed by atoms with E-state index in [9.17, 15) is 0 Å². The Kier molecular flexibility index (Phi) is 16.5. The van der Waals surface area contributed by atoms with Crippen LogP contribution in [0.3, 0.4) is 0 Å². The Morgan fingerprint density at radius 3 is 2.26 bits per heavy atom. The number of likely N-dealkylation sites (N-methyl/N-ethyl adjacent to an activating group) is 1. The van der Waals surface area contributed by atoms with Crippen molar-refractivity contribution in [2.75, 3.05) is 45.4 Å². The van der Waals surface area contributed by atoms with Gasteiger partial charge in [0.2, 0.25) is 5.95 Å². The van der Waals surface area contributed by atoms with Crippen molar-refractivity contribution in [2.45, 2.75) is 40.7 Å². The second-order valence-corrected chi connectivity index (χ2v) is 7.56. The van der Waals surface area contributed by atoms with Crippen LogP contribution in [0.15, 0.2) is 35.5 Å². The van der Waals surface area contributed by atoms with Crippen molar-refractivity contribution < 1.29 is 5.11 Å². The third-order valence-corrected chi connectivity index (χ3v) is 4.63. The lowest BCUT2D eigenvalue weighted by molar-refractivity contribution is 0.399. The quantitative estimate of drug-likeness (QED) is 0.361. The molecule has 0 radical (unpaired) electrons. The zero-order valence-electron chi connectivity index (χ0n) is 20.3. The van der Waals surface area contributed by atoms with Gasteiger partial charge in [0.15, 0.2) is 0 Å². The Morgan fingerprint density at radius 2 is 1.74 bits per heavy atom. The van der Waals surface area contributed by atoms with Gasteiger partial charge in [-0.15, -0.1) is 11.8 Å². The molecule has 2 aromatic rings. The van der Waals surface area contributed by atoms with Gasteiger partial charge in [-0.1, -0.05) is 19.9 Å². The number of hydrogen-bond acceptors (Lipinski definition) is 8. The number of anilines is 2. The summed E-state index contributed by atoms with van der Waals surface area (Å²) in [7, 11) is 2.93. The summed E-state index contributed by atoms with van der Waals surface area (Å²) in [5, 5.41) is 17.5. The number of nitrogens with one attached hydrogen (secondary N) is 3. The van der Waals surface area contributed by atoms with Gasteiger partial charge < -0.3 is 21.1 Å². The molecular formula is C23H40N6OS. The number of thioether (sulfide) groups is 1. The number of aliphatic imine (C=N–C) groups is 1. The Balaban J connectivity index is 0.00000134. The second-order valence-electron chi connectivity index (χ2n) is 6.77. The predicted octanol–water partition coefficient (Wildman–Crippen LogP) is 3.78. The molecule has 0 bridgehead atoms. The van der Waals surface area contributed by atoms with Crippen LogP contribution >= 0.6 is 11.8 Å². The van der Waals surface area contributed by atoms with Crippen LogP contribution in [0.2, 0.25) is 0 Å². The van der Waals surface area contributed by atoms with Gasteiger partial charge in [-0.25, -0.2) is 9.97 Å². The molecule has 1 unspecified atom stereocenters. The van der Waals surface area contributed by atoms with Crippen LogP contribution in [0.5, 0.6) is 0 Å². The lowest BCUT2D eigenvalue weighted by atomic mass is 10.1. The van der Waals surface area contributed by atoms with Gasteiger partial charge in [-0.05, 0) is 76.5 Å². The van der Waals surface area contributed by atoms with E-state index in [1.165, 1.54) is 11.1 Å². The summed E-state index contributed by atoms with van der Waals surface area (Å²) in [5.74, 6) is 0.587. The van der Waals surface area contributed by atoms with Gasteiger partial charge in [0.25, 0.3) is 0 Å². The summed E-state index contributed by atoms with van der Waals surface area (Å²) in [6.45, 7) is 13.3. The molecule has 0 aliphatic rings. The van der Waals surface area contributed by atoms with Crippen LogP contribution < -0.4 is 16.0 Å². The fraction of sp³-hybridized carbons (Fsp3) is 0.522. The van der Waals surface area contributed by atoms with Crippen LogP contribution in [-0.4, -0.2) is 66.2 Å². The molecule has 7 nitrogen and oxygen atoms in total. The van der Waals surface area contributed by atoms with E-state index in [1.807, 2.05) is 19.4 Å². The minimum Gasteiger partial charge on any atom is -0.400 e. The Morgan fingerprint density at radius 1 is 1.13 bits per heavy atom. The fourth-order valence-corrected chi connectivity index (χ4v) is 3.14. The van der Waals surface area contributed by atoms with Crippen molar-refractivity contribution in [3.63, 3.8) is 0 Å². The maximum Gasteiger partial charge on any atom is 0.227 e. The first-order valence-electron chi connectivity index (χ1n) is 10.5. The monoisotopic (exact) mass is 448 g/mol. The first kappa shape index (κ1) is 29.0. The third-order valence-electron chi connectivity index (χ3n) is 3.93. The van der Waals surface area contributed by atoms with E-state index in [-0.39, 0.29) is 6.04 Å². The highest BCUT2D eigenvalue weighted by Crippen LogP contribution is 2.18. The molecule has 0 saturated carbocycles. The van der Waals surface area contributed by atoms with Crippen molar-refractivity contribution >= 4 is 28.4 Å². The van der Waals surface area contributed by atoms with Crippen molar-refractivity contribution in [3.05, 3.63) is 47.3 Å². The number of aromatic nitrogens is 2. The van der Waals surface area contributed by atoms with Crippen LogP contribution in [0.4, 0.5) is 11.6 Å². The molecule has 0 spiro atoms. The molecule has 1 heterocycles. The maximum atomic E-state index is 7.00. The summed E-state index contributed by atoms with van der Waals surface area (Å²) in [4.78, 5) is 13.8. The van der Waals surface area contributed by atoms with Crippen molar-refractivity contribution in [3.8, 4) is 0 Å². The topological polar surface area (TPSA) is 94.5 Å². The molecule has 0 saturated heterocycles. The highest BCUT2D eigenvalue weighted by Gasteiger charge is 2.09. The molecule has 1 atom stereocenters. The van der Waals surface area contributed by atoms with E-state index < -0.39 is 0 Å². The molecule has 0 aliphatic heterocycles. The van der Waals surface area contributed by atoms with Crippen LogP contribution in [0, 0.1) is 13.8 Å². The van der Waals surface area contributed by atoms with Gasteiger partial charge in [-0.3, -0.25) is 4.99 Å². The largest absolute Gasteiger partial charge is 0.400 e. The van der Waals surface area contributed by atoms with Crippen molar-refractivity contribution in [1.82, 2.24) is 20.6 Å². The highest BCUT2D eigenvalue weighted by molar-refractivity contribution is 8.13. The normalized spacial score (nSPS) is 11.6. The van der Waals surface area contributed by atoms with Crippen molar-refractivity contribution in [2.24, 2.45) is 4.99 Å². The van der Waals surface area contributed by atoms with E-state index in [4.69, 9.17) is 10.1 Å². The van der Waals surface area contributed by atoms with Gasteiger partial charge in [-0.2, -0.15) is 0 Å². The Labute approximate surface area is 192 Å². The number of aliphatic hydroxyl groups is 1. The first-order valence-corrected chi connectivity index (χ1v) is 11.8. The summed E-state index contributed by atoms with van der Waals surface area (Å²) in [5.41, 5.74) is 4.26. The van der Waals surface area contributed by atoms with E-state index in [0.29, 0.717) is 5.95 Å². The third kappa shape index (κ3) is 12.4. The first-order chi connectivity index (χ1) is 14.9. The second kappa shape index (κ2) is 17.7. The average Bonchev–Trinajstić information content (AvgIpc) is 2.77. The van der Waals surface area contributed by atoms with Gasteiger partial charge in [0.05, 0.1) is 6.04 Å². The summed E-state index contributed by atoms with van der Waals surface area (Å²) in [6.07, 6.45) is 3.80. The van der Waals surface area contributed by atoms with Crippen LogP contribution in [0.1, 0.15) is 37.6 Å². The van der Waals surface area contributed by atoms with Crippen molar-refractivity contribution in [1.29, 1.82) is 0 Å². The van der Waals surface area contributed by atoms with E-state index in [0.717, 1.165) is 43.2 Å². The minimum absolute atomic E-state index is 0.202. The predicted molar refractivity (Wildman–Crippen MR) is 137 cm³/mol. The fourth-order valence-electron chi connectivity index (χ4n) is 2.54. The molecule has 0 aliphatic carbocycles. The van der Waals surface area contributed by atoms with Crippen LogP contribution in [0.25, 0.3) is 0 Å². The van der Waals surface area contributed by atoms with Crippen LogP contribution in [-0.2, 0) is 0 Å². The van der Waals surface area contributed by atoms with E-state index in [2.05, 4.69) is 78.7 Å². The number of hydrogen-bond donors (Lipinski definition) is 4. The zero-order chi connectivity index (χ0) is 23.6. The highest BCUT2D eigenvalue weighted by atomic mass is 32.2. The molecule has 1 aromatic heterocycles. The lowest BCUT2D eigenvalue weighted by Crippen LogP contribution is -2.24. The summed E-state index contributed by atoms with van der Waals surface area (Å²) < 4.78 is 0. The molecule has 8 heteroatoms. The summed E-state index contributed by atoms with van der Waals surface area (Å²) in [6, 6.07) is 8.43. The van der Waals surface area contributed by atoms with E-state index >= 15 is 0 Å². The molecule has 0 fully saturated rings. The smallest absolute Gasteiger partial charge is 0.227 e. The molecular weight excluding hydrogens is 408 g/mol. The lowest BCUT2D eigenvalue weighted by Gasteiger charge is -2.11.